The predicted octanol–water partition coefficient (Wildman–Crippen LogP) is -6.87. The fourth-order valence-corrected chi connectivity index (χ4v) is 1.33. The number of hydrogen-bond acceptors (Lipinski definition) is 2. The summed E-state index contributed by atoms with van der Waals surface area (Å²) in [5, 5.41) is 20.6. The Morgan fingerprint density at radius 3 is 1.93 bits per heavy atom. The van der Waals surface area contributed by atoms with Gasteiger partial charge in [0.2, 0.25) is 0 Å². The number of benzene rings is 1. The summed E-state index contributed by atoms with van der Waals surface area (Å²) < 4.78 is 37.4. The van der Waals surface area contributed by atoms with Crippen LogP contribution in [-0.4, -0.2) is 7.12 Å². The van der Waals surface area contributed by atoms with Gasteiger partial charge in [-0.3, -0.25) is 0 Å². The Morgan fingerprint density at radius 1 is 1.07 bits per heavy atom. The molecule has 0 aliphatic heterocycles. The zero-order valence-electron chi connectivity index (χ0n) is 7.98. The van der Waals surface area contributed by atoms with Crippen LogP contribution < -0.4 is 118 Å². The molecule has 0 heterocycles. The normalized spacial score (nSPS) is 8.93. The molecule has 0 aliphatic carbocycles. The Morgan fingerprint density at radius 2 is 1.53 bits per heavy atom. The average Bonchev–Trinajstić information content (AvgIpc) is 2.07. The summed E-state index contributed by atoms with van der Waals surface area (Å²) in [6, 6.07) is 0.289. The van der Waals surface area contributed by atoms with Crippen molar-refractivity contribution in [1.29, 1.82) is 0 Å². The first kappa shape index (κ1) is 20.3. The van der Waals surface area contributed by atoms with E-state index in [1.807, 2.05) is 0 Å². The van der Waals surface area contributed by atoms with Gasteiger partial charge < -0.3 is 10.0 Å². The van der Waals surface area contributed by atoms with Gasteiger partial charge in [0.15, 0.2) is 11.6 Å². The molecule has 0 bridgehead atoms. The molecule has 0 N–H and O–H groups in total. The van der Waals surface area contributed by atoms with Crippen molar-refractivity contribution in [1.82, 2.24) is 0 Å². The summed E-state index contributed by atoms with van der Waals surface area (Å²) in [4.78, 5) is 0. The summed E-state index contributed by atoms with van der Waals surface area (Å²) in [5.41, 5.74) is -0.900. The maximum atomic E-state index is 12.9. The smallest absolute Gasteiger partial charge is 0.889 e. The molecule has 0 aliphatic rings. The molecule has 70 valence electrons. The molecule has 0 atom stereocenters. The summed E-state index contributed by atoms with van der Waals surface area (Å²) in [6.07, 6.45) is 0. The molecule has 0 saturated heterocycles. The number of hydrogen-bond donors (Lipinski definition) is 0. The van der Waals surface area contributed by atoms with Crippen LogP contribution in [0.1, 0.15) is 0 Å². The van der Waals surface area contributed by atoms with Crippen LogP contribution in [0.5, 0.6) is 0 Å². The quantitative estimate of drug-likeness (QED) is 0.211. The first-order valence-corrected chi connectivity index (χ1v) is 4.17. The molecular formula is C6HBF3IK2O2. The van der Waals surface area contributed by atoms with Crippen LogP contribution in [0.15, 0.2) is 6.07 Å². The van der Waals surface area contributed by atoms with E-state index in [4.69, 9.17) is 0 Å². The van der Waals surface area contributed by atoms with Gasteiger partial charge in [-0.05, 0) is 28.7 Å². The zero-order valence-corrected chi connectivity index (χ0v) is 16.4. The third-order valence-electron chi connectivity index (χ3n) is 1.38. The molecule has 1 aromatic carbocycles. The van der Waals surface area contributed by atoms with Crippen LogP contribution in [0.4, 0.5) is 13.2 Å². The molecule has 0 fully saturated rings. The zero-order chi connectivity index (χ0) is 10.2. The van der Waals surface area contributed by atoms with Gasteiger partial charge in [0.1, 0.15) is 5.82 Å². The second kappa shape index (κ2) is 8.99. The maximum absolute atomic E-state index is 12.9. The van der Waals surface area contributed by atoms with Gasteiger partial charge in [-0.2, -0.15) is 0 Å². The number of halogens is 4. The molecule has 0 unspecified atom stereocenters. The van der Waals surface area contributed by atoms with Crippen LogP contribution in [0, 0.1) is 21.0 Å². The minimum Gasteiger partial charge on any atom is -0.889 e. The second-order valence-electron chi connectivity index (χ2n) is 2.22. The van der Waals surface area contributed by atoms with Crippen molar-refractivity contribution in [2.75, 3.05) is 0 Å². The van der Waals surface area contributed by atoms with Crippen LogP contribution in [0.25, 0.3) is 0 Å². The molecule has 9 heteroatoms. The Hall–Kier alpha value is 3.00. The minimum absolute atomic E-state index is 0. The van der Waals surface area contributed by atoms with Gasteiger partial charge in [-0.25, -0.2) is 13.2 Å². The van der Waals surface area contributed by atoms with E-state index >= 15 is 0 Å². The molecule has 1 rings (SSSR count). The fourth-order valence-electron chi connectivity index (χ4n) is 0.763. The van der Waals surface area contributed by atoms with E-state index in [0.717, 1.165) is 0 Å². The Labute approximate surface area is 184 Å². The van der Waals surface area contributed by atoms with Crippen molar-refractivity contribution >= 4 is 35.2 Å². The molecule has 0 amide bonds. The molecule has 0 radical (unpaired) electrons. The van der Waals surface area contributed by atoms with Crippen LogP contribution in [-0.2, 0) is 0 Å². The van der Waals surface area contributed by atoms with Crippen LogP contribution in [0.3, 0.4) is 0 Å². The minimum atomic E-state index is -2.65. The largest absolute Gasteiger partial charge is 1.00 e. The average molecular weight is 378 g/mol. The Bertz CT molecular complexity index is 354. The van der Waals surface area contributed by atoms with Crippen LogP contribution >= 0.6 is 22.6 Å². The Kier molecular flexibility index (Phi) is 12.2. The van der Waals surface area contributed by atoms with Gasteiger partial charge in [0.25, 0.3) is 0 Å². The molecule has 1 aromatic rings. The first-order chi connectivity index (χ1) is 5.95. The molecule has 0 aromatic heterocycles. The van der Waals surface area contributed by atoms with E-state index in [-0.39, 0.29) is 109 Å². The van der Waals surface area contributed by atoms with Gasteiger partial charge in [-0.15, -0.1) is 0 Å². The van der Waals surface area contributed by atoms with Crippen molar-refractivity contribution < 1.29 is 126 Å². The van der Waals surface area contributed by atoms with Crippen molar-refractivity contribution in [2.45, 2.75) is 0 Å². The van der Waals surface area contributed by atoms with Crippen molar-refractivity contribution in [3.05, 3.63) is 27.1 Å². The monoisotopic (exact) mass is 378 g/mol. The molecular weight excluding hydrogens is 377 g/mol. The van der Waals surface area contributed by atoms with Gasteiger partial charge in [0, 0.05) is 0 Å². The SMILES string of the molecule is [K+].[K+].[O-]B([O-])c1cc(F)c(F)c(I)c1F. The van der Waals surface area contributed by atoms with E-state index in [2.05, 4.69) is 0 Å². The van der Waals surface area contributed by atoms with E-state index < -0.39 is 33.6 Å². The molecule has 15 heavy (non-hydrogen) atoms. The summed E-state index contributed by atoms with van der Waals surface area (Å²) in [7, 11) is -2.65. The van der Waals surface area contributed by atoms with Crippen LogP contribution in [0.2, 0.25) is 0 Å². The molecule has 0 spiro atoms. The van der Waals surface area contributed by atoms with Crippen molar-refractivity contribution in [3.8, 4) is 0 Å². The summed E-state index contributed by atoms with van der Waals surface area (Å²) in [5.74, 6) is -4.06. The predicted molar refractivity (Wildman–Crippen MR) is 44.4 cm³/mol. The summed E-state index contributed by atoms with van der Waals surface area (Å²) in [6.45, 7) is 0. The topological polar surface area (TPSA) is 46.1 Å². The van der Waals surface area contributed by atoms with Gasteiger partial charge >= 0.3 is 103 Å². The Balaban J connectivity index is 0. The van der Waals surface area contributed by atoms with E-state index in [0.29, 0.717) is 0 Å². The van der Waals surface area contributed by atoms with E-state index in [9.17, 15) is 23.2 Å². The van der Waals surface area contributed by atoms with Crippen molar-refractivity contribution in [2.24, 2.45) is 0 Å². The second-order valence-corrected chi connectivity index (χ2v) is 3.30. The third kappa shape index (κ3) is 5.25. The molecule has 2 nitrogen and oxygen atoms in total. The van der Waals surface area contributed by atoms with E-state index in [1.165, 1.54) is 22.6 Å². The standard InChI is InChI=1S/C6HBF3IO2.2K/c8-3-1-2(7(12)13)4(9)6(11)5(3)10;;/h1H;;/q-2;2*+1. The molecule has 0 saturated carbocycles. The van der Waals surface area contributed by atoms with E-state index in [1.54, 1.807) is 0 Å². The fraction of sp³-hybridized carbons (Fsp3) is 0. The number of rotatable bonds is 1. The first-order valence-electron chi connectivity index (χ1n) is 3.09. The summed E-state index contributed by atoms with van der Waals surface area (Å²) >= 11 is 1.19. The van der Waals surface area contributed by atoms with Gasteiger partial charge in [-0.1, -0.05) is 12.6 Å². The van der Waals surface area contributed by atoms with Gasteiger partial charge in [0.05, 0.1) is 3.57 Å². The third-order valence-corrected chi connectivity index (χ3v) is 2.33. The van der Waals surface area contributed by atoms with Crippen molar-refractivity contribution in [3.63, 3.8) is 0 Å². The maximum Gasteiger partial charge on any atom is 1.00 e.